The van der Waals surface area contributed by atoms with Crippen LogP contribution in [0.25, 0.3) is 36.5 Å². The Labute approximate surface area is 469 Å². The first kappa shape index (κ1) is 50.7. The van der Waals surface area contributed by atoms with E-state index in [0.717, 1.165) is 81.3 Å². The summed E-state index contributed by atoms with van der Waals surface area (Å²) in [6.07, 6.45) is 11.4. The van der Waals surface area contributed by atoms with Crippen LogP contribution in [-0.2, 0) is 0 Å². The van der Waals surface area contributed by atoms with Crippen molar-refractivity contribution in [1.82, 2.24) is 4.98 Å². The number of nitriles is 2. The number of pyridine rings is 1. The minimum Gasteiger partial charge on any atom is -0.311 e. The molecule has 0 N–H and O–H groups in total. The molecule has 0 aliphatic rings. The second-order valence-electron chi connectivity index (χ2n) is 17.5. The Bertz CT molecular complexity index is 3580. The highest BCUT2D eigenvalue weighted by Gasteiger charge is 2.18. The molecule has 0 fully saturated rings. The third-order valence-electron chi connectivity index (χ3n) is 12.6. The molecule has 9 aromatic carbocycles. The monoisotopic (exact) mass is 1170 g/mol. The van der Waals surface area contributed by atoms with Crippen LogP contribution in [0.4, 0.5) is 51.2 Å². The lowest BCUT2D eigenvalue weighted by Gasteiger charge is -2.25. The number of para-hydroxylation sites is 3. The Balaban J connectivity index is 1.01. The van der Waals surface area contributed by atoms with Crippen molar-refractivity contribution in [2.45, 2.75) is 0 Å². The van der Waals surface area contributed by atoms with E-state index >= 15 is 0 Å². The summed E-state index contributed by atoms with van der Waals surface area (Å²) in [6.45, 7) is 0. The fourth-order valence-corrected chi connectivity index (χ4v) is 9.66. The number of benzene rings is 9. The van der Waals surface area contributed by atoms with E-state index in [-0.39, 0.29) is 0 Å². The molecule has 6 nitrogen and oxygen atoms in total. The van der Waals surface area contributed by atoms with Gasteiger partial charge in [0.2, 0.25) is 0 Å². The highest BCUT2D eigenvalue weighted by Crippen LogP contribution is 2.39. The number of anilines is 9. The SMILES string of the molecule is N#Cc1c(/C=C/c2ccc(N(c3ccccc3)c3ccc(Br)cc3)cc2)nc(/C=C/c2ccc(N(c3ccccc3)c3ccc(Br)cc3)cc2)c(C#N)c1/C=C/c1ccc(N(c2ccccc2)c2ccc(Br)cc2)cc1. The first-order chi connectivity index (χ1) is 37.3. The third-order valence-corrected chi connectivity index (χ3v) is 14.2. The lowest BCUT2D eigenvalue weighted by Crippen LogP contribution is -2.09. The van der Waals surface area contributed by atoms with E-state index in [4.69, 9.17) is 4.98 Å². The van der Waals surface area contributed by atoms with Crippen molar-refractivity contribution in [1.29, 1.82) is 10.5 Å². The number of halogens is 3. The second kappa shape index (κ2) is 24.0. The Hall–Kier alpha value is -8.83. The van der Waals surface area contributed by atoms with E-state index in [1.54, 1.807) is 0 Å². The number of hydrogen-bond acceptors (Lipinski definition) is 6. The molecule has 0 saturated carbocycles. The smallest absolute Gasteiger partial charge is 0.102 e. The van der Waals surface area contributed by atoms with Gasteiger partial charge in [-0.15, -0.1) is 0 Å². The zero-order valence-electron chi connectivity index (χ0n) is 40.8. The van der Waals surface area contributed by atoms with Crippen LogP contribution < -0.4 is 14.7 Å². The molecule has 0 aliphatic carbocycles. The molecule has 76 heavy (non-hydrogen) atoms. The minimum atomic E-state index is 0.295. The molecular weight excluding hydrogens is 1130 g/mol. The van der Waals surface area contributed by atoms with Gasteiger partial charge in [0.15, 0.2) is 0 Å². The molecule has 1 heterocycles. The molecule has 0 bridgehead atoms. The molecule has 0 atom stereocenters. The van der Waals surface area contributed by atoms with Crippen LogP contribution in [0, 0.1) is 22.7 Å². The van der Waals surface area contributed by atoms with Gasteiger partial charge in [0, 0.05) is 70.2 Å². The normalized spacial score (nSPS) is 11.2. The summed E-state index contributed by atoms with van der Waals surface area (Å²) in [6, 6.07) is 85.1. The zero-order chi connectivity index (χ0) is 52.2. The van der Waals surface area contributed by atoms with E-state index in [0.29, 0.717) is 28.1 Å². The van der Waals surface area contributed by atoms with Crippen LogP contribution in [0.1, 0.15) is 44.8 Å². The lowest BCUT2D eigenvalue weighted by atomic mass is 9.97. The highest BCUT2D eigenvalue weighted by atomic mass is 79.9. The lowest BCUT2D eigenvalue weighted by molar-refractivity contribution is 1.22. The molecule has 0 radical (unpaired) electrons. The van der Waals surface area contributed by atoms with E-state index in [1.165, 1.54) is 0 Å². The van der Waals surface area contributed by atoms with Crippen LogP contribution in [0.2, 0.25) is 0 Å². The number of aromatic nitrogens is 1. The number of nitrogens with zero attached hydrogens (tertiary/aromatic N) is 6. The van der Waals surface area contributed by atoms with Gasteiger partial charge in [0.1, 0.15) is 12.1 Å². The van der Waals surface area contributed by atoms with Gasteiger partial charge in [0.05, 0.1) is 22.5 Å². The maximum atomic E-state index is 10.9. The maximum Gasteiger partial charge on any atom is 0.102 e. The maximum absolute atomic E-state index is 10.9. The summed E-state index contributed by atoms with van der Waals surface area (Å²) in [4.78, 5) is 11.6. The van der Waals surface area contributed by atoms with Gasteiger partial charge in [-0.05, 0) is 174 Å². The second-order valence-corrected chi connectivity index (χ2v) is 20.2. The molecule has 0 saturated heterocycles. The molecule has 0 spiro atoms. The van der Waals surface area contributed by atoms with Crippen molar-refractivity contribution in [3.8, 4) is 12.1 Å². The number of rotatable bonds is 15. The van der Waals surface area contributed by atoms with Crippen LogP contribution in [0.5, 0.6) is 0 Å². The third kappa shape index (κ3) is 11.9. The van der Waals surface area contributed by atoms with E-state index in [1.807, 2.05) is 140 Å². The van der Waals surface area contributed by atoms with E-state index in [9.17, 15) is 10.5 Å². The predicted octanol–water partition coefficient (Wildman–Crippen LogP) is 20.0. The summed E-state index contributed by atoms with van der Waals surface area (Å²) in [5.41, 5.74) is 13.8. The quantitative estimate of drug-likeness (QED) is 0.102. The number of hydrogen-bond donors (Lipinski definition) is 0. The van der Waals surface area contributed by atoms with Gasteiger partial charge in [-0.25, -0.2) is 4.98 Å². The first-order valence-corrected chi connectivity index (χ1v) is 26.7. The van der Waals surface area contributed by atoms with Crippen LogP contribution >= 0.6 is 47.8 Å². The van der Waals surface area contributed by atoms with Crippen molar-refractivity contribution in [3.63, 3.8) is 0 Å². The van der Waals surface area contributed by atoms with Gasteiger partial charge in [0.25, 0.3) is 0 Å². The van der Waals surface area contributed by atoms with Crippen LogP contribution in [0.3, 0.4) is 0 Å². The molecule has 9 heteroatoms. The molecular formula is C67H45Br3N6. The standard InChI is InChI=1S/C67H45Br3N6/c68-51-25-37-60(38-26-51)74(54-10-4-1-5-11-54)57-31-16-48(17-32-57)22-43-63-64(46-71)66(44-23-49-18-33-58(34-19-49)75(55-12-6-2-7-13-55)61-39-27-52(69)28-40-61)73-67(65(63)47-72)45-24-50-20-35-59(36-21-50)76(56-14-8-3-9-15-56)62-41-29-53(70)30-42-62/h1-45H/b43-22+,44-23+,45-24+. The fourth-order valence-electron chi connectivity index (χ4n) is 8.86. The van der Waals surface area contributed by atoms with Gasteiger partial charge >= 0.3 is 0 Å². The minimum absolute atomic E-state index is 0.295. The predicted molar refractivity (Wildman–Crippen MR) is 327 cm³/mol. The summed E-state index contributed by atoms with van der Waals surface area (Å²) in [5, 5.41) is 21.8. The van der Waals surface area contributed by atoms with Crippen molar-refractivity contribution < 1.29 is 0 Å². The first-order valence-electron chi connectivity index (χ1n) is 24.4. The molecule has 364 valence electrons. The van der Waals surface area contributed by atoms with E-state index in [2.05, 4.69) is 208 Å². The Morgan fingerprint density at radius 3 is 0.789 bits per heavy atom. The largest absolute Gasteiger partial charge is 0.311 e. The summed E-state index contributed by atoms with van der Waals surface area (Å²) in [5.74, 6) is 0. The van der Waals surface area contributed by atoms with Gasteiger partial charge < -0.3 is 14.7 Å². The molecule has 0 unspecified atom stereocenters. The molecule has 1 aromatic heterocycles. The van der Waals surface area contributed by atoms with Gasteiger partial charge in [-0.1, -0.05) is 163 Å². The summed E-state index contributed by atoms with van der Waals surface area (Å²) in [7, 11) is 0. The van der Waals surface area contributed by atoms with Crippen molar-refractivity contribution >= 4 is 135 Å². The Kier molecular flexibility index (Phi) is 16.0. The Morgan fingerprint density at radius 2 is 0.526 bits per heavy atom. The summed E-state index contributed by atoms with van der Waals surface area (Å²) >= 11 is 10.7. The average Bonchev–Trinajstić information content (AvgIpc) is 3.47. The van der Waals surface area contributed by atoms with Gasteiger partial charge in [-0.3, -0.25) is 0 Å². The van der Waals surface area contributed by atoms with Crippen molar-refractivity contribution in [3.05, 3.63) is 295 Å². The molecule has 0 aliphatic heterocycles. The van der Waals surface area contributed by atoms with E-state index < -0.39 is 0 Å². The topological polar surface area (TPSA) is 70.2 Å². The molecule has 10 rings (SSSR count). The van der Waals surface area contributed by atoms with Crippen LogP contribution in [0.15, 0.2) is 250 Å². The summed E-state index contributed by atoms with van der Waals surface area (Å²) < 4.78 is 3.01. The van der Waals surface area contributed by atoms with Crippen molar-refractivity contribution in [2.24, 2.45) is 0 Å². The average molecular weight is 1170 g/mol. The van der Waals surface area contributed by atoms with Crippen molar-refractivity contribution in [2.75, 3.05) is 14.7 Å². The van der Waals surface area contributed by atoms with Gasteiger partial charge in [-0.2, -0.15) is 10.5 Å². The molecule has 10 aromatic rings. The molecule has 0 amide bonds. The van der Waals surface area contributed by atoms with Crippen LogP contribution in [-0.4, -0.2) is 4.98 Å². The highest BCUT2D eigenvalue weighted by molar-refractivity contribution is 9.11. The Morgan fingerprint density at radius 1 is 0.289 bits per heavy atom. The fraction of sp³-hybridized carbons (Fsp3) is 0. The zero-order valence-corrected chi connectivity index (χ0v) is 45.6.